The summed E-state index contributed by atoms with van der Waals surface area (Å²) in [5.41, 5.74) is 3.33. The first-order valence-electron chi connectivity index (χ1n) is 12.4. The lowest BCUT2D eigenvalue weighted by atomic mass is 10.1. The van der Waals surface area contributed by atoms with E-state index in [-0.39, 0.29) is 11.5 Å². The first-order chi connectivity index (χ1) is 18.5. The number of aromatic nitrogens is 3. The second-order valence-corrected chi connectivity index (χ2v) is 10.9. The van der Waals surface area contributed by atoms with Gasteiger partial charge < -0.3 is 9.64 Å². The van der Waals surface area contributed by atoms with Gasteiger partial charge in [0.25, 0.3) is 11.5 Å². The van der Waals surface area contributed by atoms with Gasteiger partial charge in [-0.2, -0.15) is 9.50 Å². The Bertz CT molecular complexity index is 1760. The maximum absolute atomic E-state index is 13.7. The number of fused-ring (bicyclic) bond motifs is 2. The van der Waals surface area contributed by atoms with Crippen LogP contribution in [0.3, 0.4) is 0 Å². The quantitative estimate of drug-likeness (QED) is 0.244. The Balaban J connectivity index is 1.39. The first-order valence-corrected chi connectivity index (χ1v) is 14.0. The van der Waals surface area contributed by atoms with Gasteiger partial charge in [-0.25, -0.2) is 0 Å². The number of carbonyl (C=O) groups is 1. The fourth-order valence-corrected chi connectivity index (χ4v) is 5.85. The van der Waals surface area contributed by atoms with Crippen LogP contribution in [0.5, 0.6) is 5.75 Å². The van der Waals surface area contributed by atoms with E-state index >= 15 is 0 Å². The number of nitrogens with zero attached hydrogens (tertiary/aromatic N) is 4. The number of hydrogen-bond acceptors (Lipinski definition) is 6. The van der Waals surface area contributed by atoms with Crippen molar-refractivity contribution in [3.63, 3.8) is 0 Å². The minimum absolute atomic E-state index is 0.206. The van der Waals surface area contributed by atoms with Crippen LogP contribution in [0.4, 0.5) is 5.69 Å². The van der Waals surface area contributed by atoms with E-state index in [1.165, 1.54) is 15.9 Å². The largest absolute Gasteiger partial charge is 0.494 e. The zero-order valence-electron chi connectivity index (χ0n) is 20.6. The summed E-state index contributed by atoms with van der Waals surface area (Å²) in [5, 5.41) is 4.48. The molecule has 0 unspecified atom stereocenters. The monoisotopic (exact) mass is 586 g/mol. The van der Waals surface area contributed by atoms with Crippen LogP contribution in [0.2, 0.25) is 0 Å². The zero-order chi connectivity index (χ0) is 26.2. The van der Waals surface area contributed by atoms with E-state index in [1.54, 1.807) is 4.90 Å². The second-order valence-electron chi connectivity index (χ2n) is 9.01. The lowest BCUT2D eigenvalue weighted by molar-refractivity contribution is -0.113. The van der Waals surface area contributed by atoms with Crippen molar-refractivity contribution in [2.45, 2.75) is 26.3 Å². The summed E-state index contributed by atoms with van der Waals surface area (Å²) >= 11 is 4.71. The summed E-state index contributed by atoms with van der Waals surface area (Å²) in [6, 6.07) is 23.0. The highest BCUT2D eigenvalue weighted by Crippen LogP contribution is 2.38. The van der Waals surface area contributed by atoms with E-state index in [4.69, 9.17) is 4.74 Å². The lowest BCUT2D eigenvalue weighted by Crippen LogP contribution is -2.32. The summed E-state index contributed by atoms with van der Waals surface area (Å²) in [5.74, 6) is 1.04. The maximum atomic E-state index is 13.7. The number of hydrogen-bond donors (Lipinski definition) is 0. The molecule has 1 amide bonds. The Hall–Kier alpha value is -3.82. The molecular formula is C29H23BrN4O3S. The number of halogens is 1. The van der Waals surface area contributed by atoms with Gasteiger partial charge in [-0.3, -0.25) is 9.59 Å². The average Bonchev–Trinajstić information content (AvgIpc) is 3.56. The molecule has 6 rings (SSSR count). The number of anilines is 1. The van der Waals surface area contributed by atoms with Crippen molar-refractivity contribution in [2.75, 3.05) is 11.5 Å². The van der Waals surface area contributed by atoms with Crippen LogP contribution in [-0.2, 0) is 11.3 Å². The smallest absolute Gasteiger partial charge is 0.291 e. The molecule has 3 heterocycles. The zero-order valence-corrected chi connectivity index (χ0v) is 23.0. The highest BCUT2D eigenvalue weighted by molar-refractivity contribution is 9.10. The molecule has 9 heteroatoms. The van der Waals surface area contributed by atoms with Gasteiger partial charge in [0.1, 0.15) is 10.3 Å². The Kier molecular flexibility index (Phi) is 6.55. The Morgan fingerprint density at radius 1 is 1.00 bits per heavy atom. The molecule has 0 fully saturated rings. The van der Waals surface area contributed by atoms with Gasteiger partial charge in [-0.05, 0) is 54.4 Å². The standard InChI is InChI=1S/C29H23BrN4O3S/c1-2-3-15-37-21-12-9-19(10-13-21)26-31-29-34(32-26)28(36)25(38-29)24-22-16-20(30)11-14-23(22)33(27(24)35)17-18-7-5-4-6-8-18/h4-14,16H,2-3,15,17H2,1H3/b25-24-. The van der Waals surface area contributed by atoms with E-state index in [0.717, 1.165) is 45.4 Å². The number of carbonyl (C=O) groups excluding carboxylic acids is 1. The van der Waals surface area contributed by atoms with Crippen molar-refractivity contribution >= 4 is 49.4 Å². The third-order valence-electron chi connectivity index (χ3n) is 6.42. The molecule has 0 saturated carbocycles. The first kappa shape index (κ1) is 24.5. The van der Waals surface area contributed by atoms with Crippen molar-refractivity contribution in [2.24, 2.45) is 0 Å². The molecule has 1 aliphatic heterocycles. The van der Waals surface area contributed by atoms with Crippen LogP contribution < -0.4 is 19.7 Å². The Morgan fingerprint density at radius 3 is 2.53 bits per heavy atom. The van der Waals surface area contributed by atoms with E-state index < -0.39 is 0 Å². The fourth-order valence-electron chi connectivity index (χ4n) is 4.49. The molecule has 0 aliphatic carbocycles. The predicted molar refractivity (Wildman–Crippen MR) is 152 cm³/mol. The highest BCUT2D eigenvalue weighted by atomic mass is 79.9. The van der Waals surface area contributed by atoms with Crippen LogP contribution in [0.15, 0.2) is 82.1 Å². The maximum Gasteiger partial charge on any atom is 0.291 e. The molecule has 5 aromatic rings. The average molecular weight is 587 g/mol. The molecule has 0 spiro atoms. The van der Waals surface area contributed by atoms with Crippen LogP contribution in [-0.4, -0.2) is 27.1 Å². The SMILES string of the molecule is CCCCOc1ccc(-c2nc3s/c(=C4\C(=O)N(Cc5ccccc5)c5ccc(Br)cc54)c(=O)n3n2)cc1. The number of rotatable bonds is 7. The fraction of sp³-hybridized carbons (Fsp3) is 0.172. The van der Waals surface area contributed by atoms with Gasteiger partial charge in [0.05, 0.1) is 24.4 Å². The second kappa shape index (κ2) is 10.2. The topological polar surface area (TPSA) is 76.8 Å². The molecule has 0 atom stereocenters. The van der Waals surface area contributed by atoms with E-state index in [1.807, 2.05) is 72.8 Å². The number of ether oxygens (including phenoxy) is 1. The lowest BCUT2D eigenvalue weighted by Gasteiger charge is -2.17. The minimum Gasteiger partial charge on any atom is -0.494 e. The van der Waals surface area contributed by atoms with Crippen LogP contribution >= 0.6 is 27.3 Å². The summed E-state index contributed by atoms with van der Waals surface area (Å²) in [6.07, 6.45) is 2.08. The van der Waals surface area contributed by atoms with Gasteiger partial charge in [0.2, 0.25) is 4.96 Å². The van der Waals surface area contributed by atoms with Crippen molar-refractivity contribution in [3.05, 3.63) is 103 Å². The van der Waals surface area contributed by atoms with E-state index in [0.29, 0.717) is 34.0 Å². The molecular weight excluding hydrogens is 564 g/mol. The normalized spacial score (nSPS) is 14.4. The number of amides is 1. The van der Waals surface area contributed by atoms with Crippen LogP contribution in [0.1, 0.15) is 30.9 Å². The van der Waals surface area contributed by atoms with Gasteiger partial charge in [-0.1, -0.05) is 70.9 Å². The third-order valence-corrected chi connectivity index (χ3v) is 7.95. The van der Waals surface area contributed by atoms with Crippen molar-refractivity contribution in [1.29, 1.82) is 0 Å². The molecule has 0 N–H and O–H groups in total. The molecule has 0 bridgehead atoms. The van der Waals surface area contributed by atoms with Gasteiger partial charge in [0.15, 0.2) is 5.82 Å². The number of thiazole rings is 1. The van der Waals surface area contributed by atoms with Gasteiger partial charge in [-0.15, -0.1) is 5.10 Å². The molecule has 0 radical (unpaired) electrons. The molecule has 0 saturated heterocycles. The molecule has 38 heavy (non-hydrogen) atoms. The molecule has 7 nitrogen and oxygen atoms in total. The van der Waals surface area contributed by atoms with Crippen molar-refractivity contribution in [1.82, 2.24) is 14.6 Å². The summed E-state index contributed by atoms with van der Waals surface area (Å²) < 4.78 is 8.19. The molecule has 3 aromatic carbocycles. The highest BCUT2D eigenvalue weighted by Gasteiger charge is 2.34. The minimum atomic E-state index is -0.348. The van der Waals surface area contributed by atoms with E-state index in [9.17, 15) is 9.59 Å². The summed E-state index contributed by atoms with van der Waals surface area (Å²) in [7, 11) is 0. The van der Waals surface area contributed by atoms with Crippen LogP contribution in [0, 0.1) is 0 Å². The molecule has 190 valence electrons. The molecule has 1 aliphatic rings. The third kappa shape index (κ3) is 4.41. The van der Waals surface area contributed by atoms with E-state index in [2.05, 4.69) is 32.9 Å². The number of benzene rings is 3. The van der Waals surface area contributed by atoms with Crippen molar-refractivity contribution in [3.8, 4) is 17.1 Å². The van der Waals surface area contributed by atoms with Gasteiger partial charge >= 0.3 is 0 Å². The summed E-state index contributed by atoms with van der Waals surface area (Å²) in [4.78, 5) is 34.0. The van der Waals surface area contributed by atoms with Gasteiger partial charge in [0, 0.05) is 15.6 Å². The van der Waals surface area contributed by atoms with Crippen molar-refractivity contribution < 1.29 is 9.53 Å². The Morgan fingerprint density at radius 2 is 1.79 bits per heavy atom. The molecule has 2 aromatic heterocycles. The van der Waals surface area contributed by atoms with Crippen LogP contribution in [0.25, 0.3) is 21.9 Å². The summed E-state index contributed by atoms with van der Waals surface area (Å²) in [6.45, 7) is 3.21. The number of unbranched alkanes of at least 4 members (excludes halogenated alkanes) is 1. The Labute approximate surface area is 231 Å². The predicted octanol–water partition coefficient (Wildman–Crippen LogP) is 5.22.